The van der Waals surface area contributed by atoms with Gasteiger partial charge in [0.2, 0.25) is 0 Å². The molecule has 0 radical (unpaired) electrons. The minimum atomic E-state index is -4.87. The third kappa shape index (κ3) is 6.79. The Labute approximate surface area is 217 Å². The molecular formula is C28H29F6N3O. The molecule has 0 bridgehead atoms. The summed E-state index contributed by atoms with van der Waals surface area (Å²) in [5.74, 6) is 0.793. The molecule has 1 fully saturated rings. The van der Waals surface area contributed by atoms with E-state index in [0.717, 1.165) is 55.3 Å². The predicted molar refractivity (Wildman–Crippen MR) is 134 cm³/mol. The average Bonchev–Trinajstić information content (AvgIpc) is 2.90. The number of methoxy groups -OCH3 is 1. The minimum absolute atomic E-state index is 0.0695. The number of ether oxygens (including phenoxy) is 1. The molecule has 0 amide bonds. The molecule has 204 valence electrons. The van der Waals surface area contributed by atoms with Gasteiger partial charge in [0.15, 0.2) is 0 Å². The van der Waals surface area contributed by atoms with Gasteiger partial charge in [-0.3, -0.25) is 4.90 Å². The largest absolute Gasteiger partial charge is 0.495 e. The van der Waals surface area contributed by atoms with E-state index in [0.29, 0.717) is 6.54 Å². The fourth-order valence-electron chi connectivity index (χ4n) is 4.77. The Morgan fingerprint density at radius 1 is 0.789 bits per heavy atom. The highest BCUT2D eigenvalue weighted by Gasteiger charge is 2.37. The monoisotopic (exact) mass is 537 g/mol. The molecular weight excluding hydrogens is 508 g/mol. The van der Waals surface area contributed by atoms with E-state index in [-0.39, 0.29) is 24.2 Å². The van der Waals surface area contributed by atoms with Crippen LogP contribution in [0.5, 0.6) is 5.75 Å². The minimum Gasteiger partial charge on any atom is -0.495 e. The number of nitrogens with zero attached hydrogens (tertiary/aromatic N) is 2. The molecule has 3 aromatic carbocycles. The molecule has 4 rings (SSSR count). The van der Waals surface area contributed by atoms with Gasteiger partial charge in [0.25, 0.3) is 0 Å². The van der Waals surface area contributed by atoms with Crippen LogP contribution in [0.1, 0.15) is 28.3 Å². The van der Waals surface area contributed by atoms with Crippen molar-refractivity contribution in [2.45, 2.75) is 24.9 Å². The van der Waals surface area contributed by atoms with Gasteiger partial charge in [-0.1, -0.05) is 42.5 Å². The molecule has 0 aromatic heterocycles. The standard InChI is InChI=1S/C28H29F6N3O/c1-38-26-10-6-5-9-24(26)36-11-13-37(14-12-36)25(21-7-3-2-4-8-21)19-35-18-20-15-22(27(29,30)31)17-23(16-20)28(32,33)34/h2-10,15-17,25,35H,11-14,18-19H2,1H3. The summed E-state index contributed by atoms with van der Waals surface area (Å²) >= 11 is 0. The predicted octanol–water partition coefficient (Wildman–Crippen LogP) is 6.39. The van der Waals surface area contributed by atoms with Gasteiger partial charge in [-0.2, -0.15) is 26.3 Å². The number of para-hydroxylation sites is 2. The molecule has 1 N–H and O–H groups in total. The van der Waals surface area contributed by atoms with Crippen LogP contribution in [-0.2, 0) is 18.9 Å². The molecule has 1 aliphatic heterocycles. The quantitative estimate of drug-likeness (QED) is 0.337. The molecule has 4 nitrogen and oxygen atoms in total. The highest BCUT2D eigenvalue weighted by molar-refractivity contribution is 5.58. The third-order valence-corrected chi connectivity index (χ3v) is 6.68. The normalized spacial score (nSPS) is 15.9. The van der Waals surface area contributed by atoms with Crippen molar-refractivity contribution in [2.24, 2.45) is 0 Å². The van der Waals surface area contributed by atoms with Crippen molar-refractivity contribution in [3.63, 3.8) is 0 Å². The van der Waals surface area contributed by atoms with Crippen molar-refractivity contribution in [3.05, 3.63) is 95.1 Å². The summed E-state index contributed by atoms with van der Waals surface area (Å²) < 4.78 is 85.0. The Kier molecular flexibility index (Phi) is 8.52. The number of alkyl halides is 6. The average molecular weight is 538 g/mol. The van der Waals surface area contributed by atoms with Crippen LogP contribution in [0.4, 0.5) is 32.0 Å². The topological polar surface area (TPSA) is 27.7 Å². The summed E-state index contributed by atoms with van der Waals surface area (Å²) in [7, 11) is 1.63. The summed E-state index contributed by atoms with van der Waals surface area (Å²) in [5, 5.41) is 3.11. The van der Waals surface area contributed by atoms with E-state index in [4.69, 9.17) is 4.74 Å². The van der Waals surface area contributed by atoms with Gasteiger partial charge in [-0.25, -0.2) is 0 Å². The van der Waals surface area contributed by atoms with E-state index < -0.39 is 23.5 Å². The van der Waals surface area contributed by atoms with Crippen molar-refractivity contribution < 1.29 is 31.1 Å². The maximum atomic E-state index is 13.2. The zero-order valence-corrected chi connectivity index (χ0v) is 20.8. The maximum absolute atomic E-state index is 13.2. The second-order valence-corrected chi connectivity index (χ2v) is 9.17. The van der Waals surface area contributed by atoms with Crippen LogP contribution in [0.3, 0.4) is 0 Å². The summed E-state index contributed by atoms with van der Waals surface area (Å²) in [6.45, 7) is 3.16. The first kappa shape index (κ1) is 27.8. The number of benzene rings is 3. The first-order chi connectivity index (χ1) is 18.1. The van der Waals surface area contributed by atoms with E-state index >= 15 is 0 Å². The number of anilines is 1. The Bertz CT molecular complexity index is 1160. The first-order valence-corrected chi connectivity index (χ1v) is 12.2. The SMILES string of the molecule is COc1ccccc1N1CCN(C(CNCc2cc(C(F)(F)F)cc(C(F)(F)F)c2)c2ccccc2)CC1. The highest BCUT2D eigenvalue weighted by Crippen LogP contribution is 2.36. The van der Waals surface area contributed by atoms with Gasteiger partial charge < -0.3 is 15.0 Å². The van der Waals surface area contributed by atoms with Crippen LogP contribution in [0.15, 0.2) is 72.8 Å². The zero-order chi connectivity index (χ0) is 27.3. The summed E-state index contributed by atoms with van der Waals surface area (Å²) in [6, 6.07) is 19.1. The van der Waals surface area contributed by atoms with Crippen LogP contribution in [0.2, 0.25) is 0 Å². The number of rotatable bonds is 8. The van der Waals surface area contributed by atoms with Crippen molar-refractivity contribution in [3.8, 4) is 5.75 Å². The van der Waals surface area contributed by atoms with E-state index in [9.17, 15) is 26.3 Å². The smallest absolute Gasteiger partial charge is 0.416 e. The van der Waals surface area contributed by atoms with E-state index in [1.54, 1.807) is 7.11 Å². The summed E-state index contributed by atoms with van der Waals surface area (Å²) in [5.41, 5.74) is -0.660. The Morgan fingerprint density at radius 3 is 1.95 bits per heavy atom. The number of nitrogens with one attached hydrogen (secondary N) is 1. The molecule has 3 aromatic rings. The van der Waals surface area contributed by atoms with Crippen LogP contribution >= 0.6 is 0 Å². The molecule has 0 aliphatic carbocycles. The molecule has 0 spiro atoms. The molecule has 1 heterocycles. The summed E-state index contributed by atoms with van der Waals surface area (Å²) in [4.78, 5) is 4.52. The van der Waals surface area contributed by atoms with Gasteiger partial charge in [0.1, 0.15) is 5.75 Å². The van der Waals surface area contributed by atoms with E-state index in [1.807, 2.05) is 54.6 Å². The van der Waals surface area contributed by atoms with Gasteiger partial charge in [-0.05, 0) is 41.5 Å². The van der Waals surface area contributed by atoms with E-state index in [1.165, 1.54) is 0 Å². The lowest BCUT2D eigenvalue weighted by atomic mass is 10.0. The van der Waals surface area contributed by atoms with Crippen molar-refractivity contribution in [1.29, 1.82) is 0 Å². The summed E-state index contributed by atoms with van der Waals surface area (Å²) in [6.07, 6.45) is -9.74. The lowest BCUT2D eigenvalue weighted by molar-refractivity contribution is -0.143. The number of hydrogen-bond acceptors (Lipinski definition) is 4. The third-order valence-electron chi connectivity index (χ3n) is 6.68. The van der Waals surface area contributed by atoms with Gasteiger partial charge >= 0.3 is 12.4 Å². The number of piperazine rings is 1. The molecule has 38 heavy (non-hydrogen) atoms. The fourth-order valence-corrected chi connectivity index (χ4v) is 4.77. The zero-order valence-electron chi connectivity index (χ0n) is 20.8. The van der Waals surface area contributed by atoms with Crippen LogP contribution < -0.4 is 15.0 Å². The number of halogens is 6. The number of hydrogen-bond donors (Lipinski definition) is 1. The second kappa shape index (κ2) is 11.7. The molecule has 1 unspecified atom stereocenters. The van der Waals surface area contributed by atoms with Crippen LogP contribution in [-0.4, -0.2) is 44.7 Å². The Morgan fingerprint density at radius 2 is 1.37 bits per heavy atom. The molecule has 1 atom stereocenters. The fraction of sp³-hybridized carbons (Fsp3) is 0.357. The van der Waals surface area contributed by atoms with E-state index in [2.05, 4.69) is 15.1 Å². The maximum Gasteiger partial charge on any atom is 0.416 e. The van der Waals surface area contributed by atoms with Crippen LogP contribution in [0, 0.1) is 0 Å². The van der Waals surface area contributed by atoms with Crippen molar-refractivity contribution in [2.75, 3.05) is 44.7 Å². The lowest BCUT2D eigenvalue weighted by Crippen LogP contribution is -2.49. The Balaban J connectivity index is 1.47. The molecule has 10 heteroatoms. The van der Waals surface area contributed by atoms with Gasteiger partial charge in [0.05, 0.1) is 23.9 Å². The lowest BCUT2D eigenvalue weighted by Gasteiger charge is -2.41. The van der Waals surface area contributed by atoms with Gasteiger partial charge in [0, 0.05) is 45.3 Å². The van der Waals surface area contributed by atoms with Crippen LogP contribution in [0.25, 0.3) is 0 Å². The van der Waals surface area contributed by atoms with Crippen molar-refractivity contribution in [1.82, 2.24) is 10.2 Å². The Hall–Kier alpha value is -3.24. The molecule has 1 saturated heterocycles. The van der Waals surface area contributed by atoms with Crippen molar-refractivity contribution >= 4 is 5.69 Å². The molecule has 1 aliphatic rings. The first-order valence-electron chi connectivity index (χ1n) is 12.2. The second-order valence-electron chi connectivity index (χ2n) is 9.17. The highest BCUT2D eigenvalue weighted by atomic mass is 19.4. The van der Waals surface area contributed by atoms with Gasteiger partial charge in [-0.15, -0.1) is 0 Å². The molecule has 0 saturated carbocycles.